The van der Waals surface area contributed by atoms with Gasteiger partial charge in [-0.15, -0.1) is 0 Å². The summed E-state index contributed by atoms with van der Waals surface area (Å²) in [5, 5.41) is 5.52. The fraction of sp³-hybridized carbons (Fsp3) is 0.464. The van der Waals surface area contributed by atoms with Gasteiger partial charge in [-0.2, -0.15) is 0 Å². The highest BCUT2D eigenvalue weighted by Crippen LogP contribution is 2.22. The molecule has 10 heteroatoms. The third-order valence-corrected chi connectivity index (χ3v) is 5.65. The van der Waals surface area contributed by atoms with E-state index >= 15 is 0 Å². The average Bonchev–Trinajstić information content (AvgIpc) is 2.89. The first-order chi connectivity index (χ1) is 18.2. The molecule has 2 unspecified atom stereocenters. The summed E-state index contributed by atoms with van der Waals surface area (Å²) in [7, 11) is 2.01. The second kappa shape index (κ2) is 18.9. The number of likely N-dealkylation sites (N-methyl/N-ethyl adjacent to an activating group) is 1. The van der Waals surface area contributed by atoms with Crippen molar-refractivity contribution in [2.45, 2.75) is 45.2 Å². The largest absolute Gasteiger partial charge is 0.494 e. The van der Waals surface area contributed by atoms with Gasteiger partial charge in [0.05, 0.1) is 12.6 Å². The molecule has 38 heavy (non-hydrogen) atoms. The number of hydrogen-bond acceptors (Lipinski definition) is 8. The molecule has 0 radical (unpaired) electrons. The van der Waals surface area contributed by atoms with Crippen LogP contribution in [0.15, 0.2) is 48.5 Å². The number of anilines is 1. The molecular formula is C28H44N6O4. The van der Waals surface area contributed by atoms with E-state index in [0.717, 1.165) is 43.1 Å². The van der Waals surface area contributed by atoms with Gasteiger partial charge in [-0.05, 0) is 63.1 Å². The summed E-state index contributed by atoms with van der Waals surface area (Å²) in [5.74, 6) is -0.122. The van der Waals surface area contributed by atoms with Crippen molar-refractivity contribution in [2.24, 2.45) is 17.2 Å². The van der Waals surface area contributed by atoms with Crippen LogP contribution in [0.2, 0.25) is 0 Å². The molecule has 0 saturated carbocycles. The number of nitrogens with zero attached hydrogens (tertiary/aromatic N) is 1. The Morgan fingerprint density at radius 3 is 2.26 bits per heavy atom. The Balaban J connectivity index is 0.000000781. The number of rotatable bonds is 15. The van der Waals surface area contributed by atoms with Gasteiger partial charge in [-0.3, -0.25) is 9.59 Å². The summed E-state index contributed by atoms with van der Waals surface area (Å²) in [6.45, 7) is 7.68. The first-order valence-electron chi connectivity index (χ1n) is 12.9. The van der Waals surface area contributed by atoms with Crippen LogP contribution in [0.3, 0.4) is 0 Å². The van der Waals surface area contributed by atoms with Crippen LogP contribution < -0.4 is 32.6 Å². The Morgan fingerprint density at radius 1 is 1.05 bits per heavy atom. The Hall–Kier alpha value is -3.31. The van der Waals surface area contributed by atoms with Crippen molar-refractivity contribution in [1.82, 2.24) is 10.2 Å². The lowest BCUT2D eigenvalue weighted by atomic mass is 10.0. The van der Waals surface area contributed by atoms with E-state index in [0.29, 0.717) is 31.4 Å². The zero-order valence-corrected chi connectivity index (χ0v) is 22.8. The zero-order valence-electron chi connectivity index (χ0n) is 22.8. The molecule has 0 bridgehead atoms. The van der Waals surface area contributed by atoms with Gasteiger partial charge >= 0.3 is 0 Å². The Kier molecular flexibility index (Phi) is 16.2. The quantitative estimate of drug-likeness (QED) is 0.215. The number of hydrogen-bond donors (Lipinski definition) is 5. The fourth-order valence-electron chi connectivity index (χ4n) is 3.54. The number of aldehydes is 1. The van der Waals surface area contributed by atoms with E-state index in [1.165, 1.54) is 0 Å². The van der Waals surface area contributed by atoms with E-state index < -0.39 is 18.0 Å². The first-order valence-corrected chi connectivity index (χ1v) is 12.9. The van der Waals surface area contributed by atoms with Crippen molar-refractivity contribution < 1.29 is 19.1 Å². The summed E-state index contributed by atoms with van der Waals surface area (Å²) in [6.07, 6.45) is 1.48. The maximum atomic E-state index is 12.9. The number of carbonyl (C=O) groups excluding carboxylic acids is 3. The van der Waals surface area contributed by atoms with Crippen LogP contribution in [0.1, 0.15) is 30.9 Å². The summed E-state index contributed by atoms with van der Waals surface area (Å²) in [6, 6.07) is 13.3. The van der Waals surface area contributed by atoms with Crippen molar-refractivity contribution in [3.63, 3.8) is 0 Å². The minimum Gasteiger partial charge on any atom is -0.494 e. The van der Waals surface area contributed by atoms with Crippen LogP contribution in [0.4, 0.5) is 5.69 Å². The van der Waals surface area contributed by atoms with Gasteiger partial charge in [0.2, 0.25) is 11.8 Å². The predicted molar refractivity (Wildman–Crippen MR) is 152 cm³/mol. The lowest BCUT2D eigenvalue weighted by molar-refractivity contribution is -0.128. The summed E-state index contributed by atoms with van der Waals surface area (Å²) < 4.78 is 5.52. The van der Waals surface area contributed by atoms with E-state index in [4.69, 9.17) is 21.9 Å². The molecule has 8 N–H and O–H groups in total. The number of nitrogens with two attached hydrogens (primary N) is 3. The number of nitrogens with one attached hydrogen (secondary N) is 2. The molecule has 0 spiro atoms. The van der Waals surface area contributed by atoms with E-state index in [1.54, 1.807) is 12.1 Å². The lowest BCUT2D eigenvalue weighted by Gasteiger charge is -2.20. The molecule has 0 heterocycles. The second-order valence-corrected chi connectivity index (χ2v) is 8.88. The Morgan fingerprint density at radius 2 is 1.71 bits per heavy atom. The number of benzene rings is 2. The number of aryl methyl sites for hydroxylation is 2. The highest BCUT2D eigenvalue weighted by atomic mass is 16.5. The molecule has 2 aromatic carbocycles. The molecule has 0 aliphatic carbocycles. The molecule has 2 atom stereocenters. The Labute approximate surface area is 226 Å². The summed E-state index contributed by atoms with van der Waals surface area (Å²) >= 11 is 0. The molecular weight excluding hydrogens is 484 g/mol. The normalized spacial score (nSPS) is 12.1. The second-order valence-electron chi connectivity index (χ2n) is 8.88. The van der Waals surface area contributed by atoms with Crippen LogP contribution in [0.25, 0.3) is 0 Å². The molecule has 0 saturated heterocycles. The standard InChI is InChI=1S/C23H29N3O4.C5H15N3/c1-3-30-21-12-10-18(15-16(21)2)25-23(29)20(26-22(28)19(24)13-14-27)11-9-17-7-5-4-6-8-17;1-8(4-2-6)5-3-7/h4-8,10,12,14-15,19-20H,3,9,11,13,24H2,1-2H3,(H,25,29)(H,26,28);2-7H2,1H3. The predicted octanol–water partition coefficient (Wildman–Crippen LogP) is 1.20. The minimum absolute atomic E-state index is 0.100. The molecule has 2 aromatic rings. The molecule has 10 nitrogen and oxygen atoms in total. The molecule has 2 amide bonds. The van der Waals surface area contributed by atoms with Crippen LogP contribution in [0.5, 0.6) is 5.75 Å². The zero-order chi connectivity index (χ0) is 28.3. The SMILES string of the molecule is CCOc1ccc(NC(=O)C(CCc2ccccc2)NC(=O)C(N)CC=O)cc1C.CN(CCN)CCN. The fourth-order valence-corrected chi connectivity index (χ4v) is 3.54. The minimum atomic E-state index is -0.984. The highest BCUT2D eigenvalue weighted by Gasteiger charge is 2.24. The third kappa shape index (κ3) is 12.8. The van der Waals surface area contributed by atoms with Gasteiger partial charge in [0.1, 0.15) is 18.1 Å². The lowest BCUT2D eigenvalue weighted by Crippen LogP contribution is -2.50. The summed E-state index contributed by atoms with van der Waals surface area (Å²) in [4.78, 5) is 38.0. The molecule has 2 rings (SSSR count). The summed E-state index contributed by atoms with van der Waals surface area (Å²) in [5.41, 5.74) is 18.8. The molecule has 210 valence electrons. The average molecular weight is 529 g/mol. The maximum absolute atomic E-state index is 12.9. The Bertz CT molecular complexity index is 967. The van der Waals surface area contributed by atoms with Gasteiger partial charge < -0.3 is 42.3 Å². The van der Waals surface area contributed by atoms with Crippen LogP contribution in [-0.4, -0.2) is 74.9 Å². The van der Waals surface area contributed by atoms with Gasteiger partial charge in [0, 0.05) is 38.3 Å². The van der Waals surface area contributed by atoms with Gasteiger partial charge in [-0.1, -0.05) is 30.3 Å². The number of ether oxygens (including phenoxy) is 1. The maximum Gasteiger partial charge on any atom is 0.246 e. The highest BCUT2D eigenvalue weighted by molar-refractivity contribution is 5.98. The van der Waals surface area contributed by atoms with Gasteiger partial charge in [0.15, 0.2) is 0 Å². The monoisotopic (exact) mass is 528 g/mol. The van der Waals surface area contributed by atoms with Crippen molar-refractivity contribution in [1.29, 1.82) is 0 Å². The molecule has 0 aliphatic rings. The van der Waals surface area contributed by atoms with E-state index in [9.17, 15) is 14.4 Å². The van der Waals surface area contributed by atoms with Crippen molar-refractivity contribution >= 4 is 23.8 Å². The van der Waals surface area contributed by atoms with E-state index in [2.05, 4.69) is 15.5 Å². The van der Waals surface area contributed by atoms with E-state index in [1.807, 2.05) is 57.3 Å². The van der Waals surface area contributed by atoms with Crippen LogP contribution in [-0.2, 0) is 20.8 Å². The first kappa shape index (κ1) is 32.7. The van der Waals surface area contributed by atoms with Crippen molar-refractivity contribution in [3.8, 4) is 5.75 Å². The van der Waals surface area contributed by atoms with Crippen LogP contribution >= 0.6 is 0 Å². The number of amides is 2. The van der Waals surface area contributed by atoms with Crippen molar-refractivity contribution in [2.75, 3.05) is 45.2 Å². The van der Waals surface area contributed by atoms with Crippen LogP contribution in [0, 0.1) is 6.92 Å². The van der Waals surface area contributed by atoms with Gasteiger partial charge in [0.25, 0.3) is 0 Å². The topological polar surface area (TPSA) is 166 Å². The van der Waals surface area contributed by atoms with Crippen molar-refractivity contribution in [3.05, 3.63) is 59.7 Å². The molecule has 0 aromatic heterocycles. The third-order valence-electron chi connectivity index (χ3n) is 5.65. The van der Waals surface area contributed by atoms with E-state index in [-0.39, 0.29) is 12.3 Å². The van der Waals surface area contributed by atoms with Gasteiger partial charge in [-0.25, -0.2) is 0 Å². The molecule has 0 fully saturated rings. The molecule has 0 aliphatic heterocycles. The number of carbonyl (C=O) groups is 3. The smallest absolute Gasteiger partial charge is 0.246 e.